The number of rotatable bonds is 2. The fourth-order valence-corrected chi connectivity index (χ4v) is 3.32. The summed E-state index contributed by atoms with van der Waals surface area (Å²) in [5.41, 5.74) is 11.7. The first-order valence-corrected chi connectivity index (χ1v) is 7.17. The third-order valence-corrected chi connectivity index (χ3v) is 4.50. The van der Waals surface area contributed by atoms with Gasteiger partial charge in [-0.15, -0.1) is 11.3 Å². The van der Waals surface area contributed by atoms with E-state index in [0.29, 0.717) is 6.54 Å². The molecule has 0 saturated carbocycles. The van der Waals surface area contributed by atoms with Gasteiger partial charge < -0.3 is 5.73 Å². The Labute approximate surface area is 116 Å². The van der Waals surface area contributed by atoms with Gasteiger partial charge in [0, 0.05) is 17.6 Å². The smallest absolute Gasteiger partial charge is 0.194 e. The zero-order valence-corrected chi connectivity index (χ0v) is 12.2. The van der Waals surface area contributed by atoms with Crippen molar-refractivity contribution in [1.29, 1.82) is 0 Å². The minimum atomic E-state index is 0.486. The second kappa shape index (κ2) is 4.47. The maximum Gasteiger partial charge on any atom is 0.194 e. The molecule has 0 aliphatic rings. The van der Waals surface area contributed by atoms with Crippen molar-refractivity contribution < 1.29 is 0 Å². The zero-order chi connectivity index (χ0) is 13.6. The second-order valence-electron chi connectivity index (χ2n) is 4.89. The van der Waals surface area contributed by atoms with Crippen molar-refractivity contribution in [3.05, 3.63) is 46.1 Å². The number of aromatic nitrogens is 2. The summed E-state index contributed by atoms with van der Waals surface area (Å²) in [6.07, 6.45) is 2.04. The Morgan fingerprint density at radius 2 is 2.00 bits per heavy atom. The van der Waals surface area contributed by atoms with Crippen LogP contribution < -0.4 is 5.73 Å². The lowest BCUT2D eigenvalue weighted by Crippen LogP contribution is -1.95. The Kier molecular flexibility index (Phi) is 2.92. The normalized spacial score (nSPS) is 11.4. The van der Waals surface area contributed by atoms with Crippen molar-refractivity contribution in [3.63, 3.8) is 0 Å². The topological polar surface area (TPSA) is 43.3 Å². The van der Waals surface area contributed by atoms with Crippen molar-refractivity contribution >= 4 is 16.3 Å². The number of hydrogen-bond acceptors (Lipinski definition) is 3. The van der Waals surface area contributed by atoms with E-state index in [0.717, 1.165) is 10.7 Å². The van der Waals surface area contributed by atoms with Gasteiger partial charge in [-0.3, -0.25) is 4.40 Å². The lowest BCUT2D eigenvalue weighted by atomic mass is 10.0. The molecule has 0 fully saturated rings. The van der Waals surface area contributed by atoms with Crippen LogP contribution in [-0.2, 0) is 6.54 Å². The van der Waals surface area contributed by atoms with E-state index in [1.54, 1.807) is 11.3 Å². The number of nitrogens with zero attached hydrogens (tertiary/aromatic N) is 2. The predicted molar refractivity (Wildman–Crippen MR) is 80.6 cm³/mol. The molecule has 2 aromatic heterocycles. The molecule has 0 atom stereocenters. The molecule has 2 heterocycles. The number of aryl methyl sites for hydroxylation is 3. The minimum Gasteiger partial charge on any atom is -0.325 e. The van der Waals surface area contributed by atoms with Crippen LogP contribution in [0.4, 0.5) is 0 Å². The van der Waals surface area contributed by atoms with Crippen LogP contribution in [0, 0.1) is 20.8 Å². The van der Waals surface area contributed by atoms with Gasteiger partial charge >= 0.3 is 0 Å². The number of thiazole rings is 1. The Balaban J connectivity index is 2.25. The molecule has 0 spiro atoms. The van der Waals surface area contributed by atoms with Crippen LogP contribution in [0.15, 0.2) is 24.4 Å². The average molecular weight is 271 g/mol. The fraction of sp³-hybridized carbons (Fsp3) is 0.267. The Morgan fingerprint density at radius 1 is 1.21 bits per heavy atom. The van der Waals surface area contributed by atoms with Crippen LogP contribution in [0.25, 0.3) is 16.2 Å². The first kappa shape index (κ1) is 12.4. The summed E-state index contributed by atoms with van der Waals surface area (Å²) in [4.78, 5) is 6.84. The molecule has 0 bridgehead atoms. The zero-order valence-electron chi connectivity index (χ0n) is 11.4. The second-order valence-corrected chi connectivity index (χ2v) is 6.08. The molecule has 0 aliphatic heterocycles. The summed E-state index contributed by atoms with van der Waals surface area (Å²) in [5.74, 6) is 0. The molecule has 1 aromatic carbocycles. The summed E-state index contributed by atoms with van der Waals surface area (Å²) in [6, 6.07) is 6.60. The molecule has 0 radical (unpaired) electrons. The van der Waals surface area contributed by atoms with Gasteiger partial charge in [0.2, 0.25) is 0 Å². The highest BCUT2D eigenvalue weighted by atomic mass is 32.1. The first-order chi connectivity index (χ1) is 9.10. The molecular weight excluding hydrogens is 254 g/mol. The predicted octanol–water partition coefficient (Wildman–Crippen LogP) is 3.45. The molecule has 0 saturated heterocycles. The lowest BCUT2D eigenvalue weighted by Gasteiger charge is -2.06. The summed E-state index contributed by atoms with van der Waals surface area (Å²) < 4.78 is 2.16. The molecule has 3 rings (SSSR count). The number of imidazole rings is 1. The monoisotopic (exact) mass is 271 g/mol. The van der Waals surface area contributed by atoms with Crippen LogP contribution in [0.2, 0.25) is 0 Å². The van der Waals surface area contributed by atoms with Crippen molar-refractivity contribution in [2.45, 2.75) is 27.3 Å². The third kappa shape index (κ3) is 1.97. The number of fused-ring (bicyclic) bond motifs is 1. The summed E-state index contributed by atoms with van der Waals surface area (Å²) in [7, 11) is 0. The van der Waals surface area contributed by atoms with Crippen LogP contribution >= 0.6 is 11.3 Å². The maximum absolute atomic E-state index is 5.67. The molecule has 0 aliphatic carbocycles. The fourth-order valence-electron chi connectivity index (χ4n) is 2.33. The standard InChI is InChI=1S/C15H17N3S/c1-9-4-5-12(6-10(9)2)14-11(3)19-15-17-13(7-16)8-18(14)15/h4-6,8H,7,16H2,1-3H3. The molecule has 0 unspecified atom stereocenters. The van der Waals surface area contributed by atoms with E-state index in [9.17, 15) is 0 Å². The van der Waals surface area contributed by atoms with Crippen molar-refractivity contribution in [1.82, 2.24) is 9.38 Å². The van der Waals surface area contributed by atoms with E-state index >= 15 is 0 Å². The molecule has 19 heavy (non-hydrogen) atoms. The third-order valence-electron chi connectivity index (χ3n) is 3.53. The van der Waals surface area contributed by atoms with Gasteiger partial charge in [0.05, 0.1) is 11.4 Å². The molecule has 0 amide bonds. The van der Waals surface area contributed by atoms with E-state index in [-0.39, 0.29) is 0 Å². The van der Waals surface area contributed by atoms with Crippen LogP contribution in [-0.4, -0.2) is 9.38 Å². The number of benzene rings is 1. The van der Waals surface area contributed by atoms with E-state index in [1.165, 1.54) is 27.3 Å². The Morgan fingerprint density at radius 3 is 2.68 bits per heavy atom. The average Bonchev–Trinajstić information content (AvgIpc) is 2.89. The van der Waals surface area contributed by atoms with Crippen molar-refractivity contribution in [2.24, 2.45) is 5.73 Å². The van der Waals surface area contributed by atoms with Gasteiger partial charge in [-0.05, 0) is 43.5 Å². The van der Waals surface area contributed by atoms with Crippen molar-refractivity contribution in [3.8, 4) is 11.3 Å². The Hall–Kier alpha value is -1.65. The van der Waals surface area contributed by atoms with Crippen LogP contribution in [0.5, 0.6) is 0 Å². The van der Waals surface area contributed by atoms with Gasteiger partial charge in [-0.2, -0.15) is 0 Å². The first-order valence-electron chi connectivity index (χ1n) is 6.35. The number of hydrogen-bond donors (Lipinski definition) is 1. The lowest BCUT2D eigenvalue weighted by molar-refractivity contribution is 1.02. The molecular formula is C15H17N3S. The molecule has 4 heteroatoms. The summed E-state index contributed by atoms with van der Waals surface area (Å²) in [5, 5.41) is 0. The maximum atomic E-state index is 5.67. The molecule has 3 aromatic rings. The van der Waals surface area contributed by atoms with Gasteiger partial charge in [0.1, 0.15) is 0 Å². The highest BCUT2D eigenvalue weighted by Gasteiger charge is 2.13. The van der Waals surface area contributed by atoms with E-state index < -0.39 is 0 Å². The quantitative estimate of drug-likeness (QED) is 0.776. The summed E-state index contributed by atoms with van der Waals surface area (Å²) >= 11 is 1.72. The largest absolute Gasteiger partial charge is 0.325 e. The van der Waals surface area contributed by atoms with E-state index in [1.807, 2.05) is 6.20 Å². The highest BCUT2D eigenvalue weighted by molar-refractivity contribution is 7.17. The SMILES string of the molecule is Cc1ccc(-c2c(C)sc3nc(CN)cn23)cc1C. The van der Waals surface area contributed by atoms with E-state index in [2.05, 4.69) is 48.4 Å². The van der Waals surface area contributed by atoms with Crippen LogP contribution in [0.1, 0.15) is 21.7 Å². The minimum absolute atomic E-state index is 0.486. The highest BCUT2D eigenvalue weighted by Crippen LogP contribution is 2.32. The van der Waals surface area contributed by atoms with Gasteiger partial charge in [0.25, 0.3) is 0 Å². The van der Waals surface area contributed by atoms with Crippen molar-refractivity contribution in [2.75, 3.05) is 0 Å². The number of nitrogens with two attached hydrogens (primary N) is 1. The molecule has 2 N–H and O–H groups in total. The van der Waals surface area contributed by atoms with Gasteiger partial charge in [-0.25, -0.2) is 4.98 Å². The van der Waals surface area contributed by atoms with E-state index in [4.69, 9.17) is 5.73 Å². The van der Waals surface area contributed by atoms with Gasteiger partial charge in [0.15, 0.2) is 4.96 Å². The Bertz CT molecular complexity index is 752. The molecule has 3 nitrogen and oxygen atoms in total. The molecule has 98 valence electrons. The van der Waals surface area contributed by atoms with Crippen LogP contribution in [0.3, 0.4) is 0 Å². The summed E-state index contributed by atoms with van der Waals surface area (Å²) in [6.45, 7) is 6.92. The van der Waals surface area contributed by atoms with Gasteiger partial charge in [-0.1, -0.05) is 12.1 Å².